The number of aromatic amines is 1. The van der Waals surface area contributed by atoms with Crippen LogP contribution in [0, 0.1) is 0 Å². The van der Waals surface area contributed by atoms with Gasteiger partial charge in [0.2, 0.25) is 0 Å². The molecule has 1 atom stereocenters. The molecule has 31 heavy (non-hydrogen) atoms. The molecule has 6 nitrogen and oxygen atoms in total. The van der Waals surface area contributed by atoms with E-state index in [4.69, 9.17) is 4.74 Å². The molecule has 0 aliphatic heterocycles. The van der Waals surface area contributed by atoms with Gasteiger partial charge in [-0.15, -0.1) is 0 Å². The van der Waals surface area contributed by atoms with Gasteiger partial charge in [-0.1, -0.05) is 30.3 Å². The highest BCUT2D eigenvalue weighted by molar-refractivity contribution is 5.99. The fraction of sp³-hybridized carbons (Fsp3) is 0.240. The summed E-state index contributed by atoms with van der Waals surface area (Å²) in [7, 11) is 0. The van der Waals surface area contributed by atoms with Crippen LogP contribution in [0.15, 0.2) is 60.9 Å². The third-order valence-electron chi connectivity index (χ3n) is 5.92. The van der Waals surface area contributed by atoms with E-state index in [1.807, 2.05) is 18.2 Å². The van der Waals surface area contributed by atoms with Gasteiger partial charge in [0.05, 0.1) is 11.1 Å². The normalized spacial score (nSPS) is 14.2. The molecule has 0 saturated heterocycles. The maximum atomic E-state index is 13.3. The second kappa shape index (κ2) is 7.87. The van der Waals surface area contributed by atoms with Crippen LogP contribution in [-0.2, 0) is 17.6 Å². The molecule has 0 radical (unpaired) electrons. The lowest BCUT2D eigenvalue weighted by Crippen LogP contribution is -2.30. The van der Waals surface area contributed by atoms with Crippen molar-refractivity contribution in [3.63, 3.8) is 0 Å². The van der Waals surface area contributed by atoms with Gasteiger partial charge in [0, 0.05) is 29.0 Å². The van der Waals surface area contributed by atoms with Crippen molar-refractivity contribution in [1.82, 2.24) is 14.5 Å². The zero-order valence-electron chi connectivity index (χ0n) is 17.3. The molecule has 6 heteroatoms. The molecule has 1 N–H and O–H groups in total. The minimum absolute atomic E-state index is 0.208. The Morgan fingerprint density at radius 2 is 1.84 bits per heavy atom. The molecule has 5 rings (SSSR count). The van der Waals surface area contributed by atoms with E-state index in [9.17, 15) is 9.59 Å². The number of H-pyrrole nitrogens is 1. The number of aryl methyl sites for hydroxylation is 1. The average Bonchev–Trinajstić information content (AvgIpc) is 3.45. The van der Waals surface area contributed by atoms with E-state index in [1.165, 1.54) is 5.56 Å². The predicted octanol–water partition coefficient (Wildman–Crippen LogP) is 4.80. The Bertz CT molecular complexity index is 1250. The Kier molecular flexibility index (Phi) is 4.90. The van der Waals surface area contributed by atoms with Crippen molar-refractivity contribution in [1.29, 1.82) is 0 Å². The van der Waals surface area contributed by atoms with Crippen molar-refractivity contribution in [3.8, 4) is 11.4 Å². The number of aromatic nitrogens is 3. The maximum Gasteiger partial charge on any atom is 0.338 e. The van der Waals surface area contributed by atoms with E-state index in [1.54, 1.807) is 48.1 Å². The molecule has 2 aromatic carbocycles. The standard InChI is InChI=1S/C25H23N3O3/c1-16(31-25(30)18-12-10-17(11-13-18)23-26-14-15-27-23)24(29)28-21-8-4-2-6-19(21)20-7-3-5-9-22(20)28/h2,4,6,8,10-16H,3,5,7,9H2,1H3,(H,26,27). The van der Waals surface area contributed by atoms with Crippen LogP contribution < -0.4 is 0 Å². The topological polar surface area (TPSA) is 77.0 Å². The summed E-state index contributed by atoms with van der Waals surface area (Å²) in [6, 6.07) is 15.0. The van der Waals surface area contributed by atoms with Crippen LogP contribution in [0.2, 0.25) is 0 Å². The maximum absolute atomic E-state index is 13.3. The van der Waals surface area contributed by atoms with Crippen LogP contribution in [0.5, 0.6) is 0 Å². The lowest BCUT2D eigenvalue weighted by atomic mass is 9.95. The van der Waals surface area contributed by atoms with Crippen LogP contribution >= 0.6 is 0 Å². The Morgan fingerprint density at radius 1 is 1.06 bits per heavy atom. The number of para-hydroxylation sites is 1. The summed E-state index contributed by atoms with van der Waals surface area (Å²) in [6.07, 6.45) is 6.57. The molecule has 0 saturated carbocycles. The molecule has 1 unspecified atom stereocenters. The van der Waals surface area contributed by atoms with Gasteiger partial charge in [-0.3, -0.25) is 9.36 Å². The zero-order chi connectivity index (χ0) is 21.4. The summed E-state index contributed by atoms with van der Waals surface area (Å²) >= 11 is 0. The fourth-order valence-corrected chi connectivity index (χ4v) is 4.40. The van der Waals surface area contributed by atoms with Crippen LogP contribution in [-0.4, -0.2) is 32.5 Å². The number of hydrogen-bond donors (Lipinski definition) is 1. The van der Waals surface area contributed by atoms with E-state index in [2.05, 4.69) is 16.0 Å². The SMILES string of the molecule is CC(OC(=O)c1ccc(-c2ncc[nH]2)cc1)C(=O)n1c2c(c3ccccc31)CCCC2. The summed E-state index contributed by atoms with van der Waals surface area (Å²) in [5, 5.41) is 1.12. The number of benzene rings is 2. The van der Waals surface area contributed by atoms with Crippen molar-refractivity contribution in [2.75, 3.05) is 0 Å². The third kappa shape index (κ3) is 3.44. The van der Waals surface area contributed by atoms with E-state index in [-0.39, 0.29) is 5.91 Å². The molecule has 156 valence electrons. The number of esters is 1. The van der Waals surface area contributed by atoms with Crippen LogP contribution in [0.4, 0.5) is 0 Å². The van der Waals surface area contributed by atoms with Gasteiger partial charge in [0.15, 0.2) is 6.10 Å². The smallest absolute Gasteiger partial charge is 0.338 e. The van der Waals surface area contributed by atoms with Crippen LogP contribution in [0.3, 0.4) is 0 Å². The first-order valence-corrected chi connectivity index (χ1v) is 10.6. The summed E-state index contributed by atoms with van der Waals surface area (Å²) in [6.45, 7) is 1.64. The monoisotopic (exact) mass is 413 g/mol. The Morgan fingerprint density at radius 3 is 2.61 bits per heavy atom. The Hall–Kier alpha value is -3.67. The first-order chi connectivity index (χ1) is 15.1. The Labute approximate surface area is 179 Å². The second-order valence-electron chi connectivity index (χ2n) is 7.89. The molecule has 0 amide bonds. The molecular formula is C25H23N3O3. The number of carbonyl (C=O) groups excluding carboxylic acids is 2. The minimum atomic E-state index is -0.890. The Balaban J connectivity index is 1.38. The van der Waals surface area contributed by atoms with Crippen molar-refractivity contribution in [2.24, 2.45) is 0 Å². The highest BCUT2D eigenvalue weighted by Gasteiger charge is 2.28. The van der Waals surface area contributed by atoms with Gasteiger partial charge in [0.25, 0.3) is 5.91 Å². The summed E-state index contributed by atoms with van der Waals surface area (Å²) < 4.78 is 7.33. The van der Waals surface area contributed by atoms with Gasteiger partial charge in [-0.05, 0) is 56.4 Å². The van der Waals surface area contributed by atoms with Crippen molar-refractivity contribution >= 4 is 22.8 Å². The third-order valence-corrected chi connectivity index (χ3v) is 5.92. The summed E-state index contributed by atoms with van der Waals surface area (Å²) in [5.74, 6) is 0.00445. The van der Waals surface area contributed by atoms with Gasteiger partial charge in [0.1, 0.15) is 5.82 Å². The van der Waals surface area contributed by atoms with Gasteiger partial charge in [-0.25, -0.2) is 9.78 Å². The van der Waals surface area contributed by atoms with E-state index in [0.29, 0.717) is 5.56 Å². The molecule has 2 aromatic heterocycles. The highest BCUT2D eigenvalue weighted by Crippen LogP contribution is 2.32. The van der Waals surface area contributed by atoms with Crippen molar-refractivity contribution in [2.45, 2.75) is 38.7 Å². The van der Waals surface area contributed by atoms with Crippen LogP contribution in [0.1, 0.15) is 46.2 Å². The van der Waals surface area contributed by atoms with Gasteiger partial charge >= 0.3 is 5.97 Å². The quantitative estimate of drug-likeness (QED) is 0.488. The lowest BCUT2D eigenvalue weighted by Gasteiger charge is -2.18. The van der Waals surface area contributed by atoms with E-state index < -0.39 is 12.1 Å². The largest absolute Gasteiger partial charge is 0.449 e. The van der Waals surface area contributed by atoms with Gasteiger partial charge < -0.3 is 9.72 Å². The summed E-state index contributed by atoms with van der Waals surface area (Å²) in [5.41, 5.74) is 4.47. The van der Waals surface area contributed by atoms with Crippen molar-refractivity contribution < 1.29 is 14.3 Å². The molecule has 0 bridgehead atoms. The minimum Gasteiger partial charge on any atom is -0.449 e. The van der Waals surface area contributed by atoms with Gasteiger partial charge in [-0.2, -0.15) is 0 Å². The van der Waals surface area contributed by atoms with Crippen LogP contribution in [0.25, 0.3) is 22.3 Å². The highest BCUT2D eigenvalue weighted by atomic mass is 16.5. The summed E-state index contributed by atoms with van der Waals surface area (Å²) in [4.78, 5) is 33.2. The number of nitrogens with zero attached hydrogens (tertiary/aromatic N) is 2. The molecule has 2 heterocycles. The molecular weight excluding hydrogens is 390 g/mol. The fourth-order valence-electron chi connectivity index (χ4n) is 4.40. The number of imidazole rings is 1. The molecule has 1 aliphatic rings. The molecule has 0 spiro atoms. The molecule has 0 fully saturated rings. The average molecular weight is 413 g/mol. The number of hydrogen-bond acceptors (Lipinski definition) is 4. The number of carbonyl (C=O) groups is 2. The zero-order valence-corrected chi connectivity index (χ0v) is 17.3. The first kappa shape index (κ1) is 19.3. The lowest BCUT2D eigenvalue weighted by molar-refractivity contribution is 0.0285. The number of fused-ring (bicyclic) bond motifs is 3. The molecule has 1 aliphatic carbocycles. The van der Waals surface area contributed by atoms with Crippen molar-refractivity contribution in [3.05, 3.63) is 77.7 Å². The first-order valence-electron chi connectivity index (χ1n) is 10.6. The molecule has 4 aromatic rings. The number of ether oxygens (including phenoxy) is 1. The van der Waals surface area contributed by atoms with E-state index in [0.717, 1.165) is 53.7 Å². The number of rotatable bonds is 4. The van der Waals surface area contributed by atoms with E-state index >= 15 is 0 Å². The predicted molar refractivity (Wildman–Crippen MR) is 118 cm³/mol. The second-order valence-corrected chi connectivity index (χ2v) is 7.89. The number of nitrogens with one attached hydrogen (secondary N) is 1.